The Kier molecular flexibility index (Phi) is 6.78. The van der Waals surface area contributed by atoms with Gasteiger partial charge in [0.05, 0.1) is 12.2 Å². The van der Waals surface area contributed by atoms with Gasteiger partial charge in [-0.15, -0.1) is 0 Å². The number of hydrogen-bond acceptors (Lipinski definition) is 3. The number of halogens is 2. The van der Waals surface area contributed by atoms with Gasteiger partial charge in [0.1, 0.15) is 17.3 Å². The first-order valence-electron chi connectivity index (χ1n) is 9.11. The third kappa shape index (κ3) is 5.42. The average molecular weight is 385 g/mol. The maximum absolute atomic E-state index is 13.8. The molecule has 6 heteroatoms. The molecule has 0 bridgehead atoms. The highest BCUT2D eigenvalue weighted by Crippen LogP contribution is 2.25. The Labute approximate surface area is 162 Å². The summed E-state index contributed by atoms with van der Waals surface area (Å²) in [6, 6.07) is 16.0. The van der Waals surface area contributed by atoms with E-state index < -0.39 is 5.82 Å². The molecule has 28 heavy (non-hydrogen) atoms. The summed E-state index contributed by atoms with van der Waals surface area (Å²) in [6.45, 7) is 0.747. The van der Waals surface area contributed by atoms with E-state index in [0.29, 0.717) is 43.1 Å². The van der Waals surface area contributed by atoms with Gasteiger partial charge in [0, 0.05) is 19.4 Å². The number of amides is 1. The zero-order valence-corrected chi connectivity index (χ0v) is 15.3. The molecule has 0 atom stereocenters. The summed E-state index contributed by atoms with van der Waals surface area (Å²) in [5.74, 6) is 0.403. The Morgan fingerprint density at radius 2 is 1.71 bits per heavy atom. The number of aryl methyl sites for hydroxylation is 1. The van der Waals surface area contributed by atoms with Crippen molar-refractivity contribution >= 4 is 5.91 Å². The molecule has 1 N–H and O–H groups in total. The molecule has 1 heterocycles. The summed E-state index contributed by atoms with van der Waals surface area (Å²) in [6.07, 6.45) is 1.25. The van der Waals surface area contributed by atoms with E-state index in [2.05, 4.69) is 5.32 Å². The molecule has 0 saturated heterocycles. The predicted molar refractivity (Wildman–Crippen MR) is 102 cm³/mol. The van der Waals surface area contributed by atoms with Crippen molar-refractivity contribution in [1.29, 1.82) is 0 Å². The molecular weight excluding hydrogens is 364 g/mol. The first-order valence-corrected chi connectivity index (χ1v) is 9.11. The fourth-order valence-corrected chi connectivity index (χ4v) is 2.69. The summed E-state index contributed by atoms with van der Waals surface area (Å²) in [4.78, 5) is 11.9. The van der Waals surface area contributed by atoms with Gasteiger partial charge in [-0.25, -0.2) is 8.78 Å². The molecule has 0 aliphatic carbocycles. The van der Waals surface area contributed by atoms with Crippen LogP contribution in [0.15, 0.2) is 65.1 Å². The van der Waals surface area contributed by atoms with Crippen LogP contribution in [0.1, 0.15) is 18.6 Å². The summed E-state index contributed by atoms with van der Waals surface area (Å²) in [5, 5.41) is 2.79. The summed E-state index contributed by atoms with van der Waals surface area (Å²) < 4.78 is 38.1. The van der Waals surface area contributed by atoms with Crippen LogP contribution in [0, 0.1) is 11.6 Å². The number of ether oxygens (including phenoxy) is 1. The molecule has 1 amide bonds. The number of para-hydroxylation sites is 1. The lowest BCUT2D eigenvalue weighted by Gasteiger charge is -2.08. The number of carbonyl (C=O) groups is 1. The molecule has 0 unspecified atom stereocenters. The van der Waals surface area contributed by atoms with Crippen LogP contribution in [0.2, 0.25) is 0 Å². The number of rotatable bonds is 9. The van der Waals surface area contributed by atoms with E-state index in [9.17, 15) is 13.6 Å². The molecular formula is C22H21F2NO3. The molecule has 1 aromatic heterocycles. The highest BCUT2D eigenvalue weighted by Gasteiger charge is 2.10. The van der Waals surface area contributed by atoms with Gasteiger partial charge in [0.25, 0.3) is 0 Å². The Morgan fingerprint density at radius 3 is 2.50 bits per heavy atom. The van der Waals surface area contributed by atoms with Gasteiger partial charge in [-0.2, -0.15) is 0 Å². The number of furan rings is 1. The lowest BCUT2D eigenvalue weighted by atomic mass is 10.1. The molecule has 3 rings (SSSR count). The van der Waals surface area contributed by atoms with E-state index in [4.69, 9.17) is 9.15 Å². The quantitative estimate of drug-likeness (QED) is 0.541. The second kappa shape index (κ2) is 9.69. The SMILES string of the molecule is O=C(CCc1ccc(-c2ccccc2F)o1)NCCCOc1ccccc1F. The van der Waals surface area contributed by atoms with Crippen LogP contribution in [0.4, 0.5) is 8.78 Å². The molecule has 3 aromatic rings. The number of benzene rings is 2. The van der Waals surface area contributed by atoms with Crippen molar-refractivity contribution in [3.8, 4) is 17.1 Å². The Bertz CT molecular complexity index is 923. The molecule has 0 aliphatic rings. The fraction of sp³-hybridized carbons (Fsp3) is 0.227. The molecule has 0 radical (unpaired) electrons. The van der Waals surface area contributed by atoms with E-state index in [1.807, 2.05) is 0 Å². The minimum absolute atomic E-state index is 0.116. The minimum Gasteiger partial charge on any atom is -0.490 e. The Morgan fingerprint density at radius 1 is 0.964 bits per heavy atom. The van der Waals surface area contributed by atoms with Crippen LogP contribution in [0.5, 0.6) is 5.75 Å². The number of hydrogen-bond donors (Lipinski definition) is 1. The van der Waals surface area contributed by atoms with Crippen molar-refractivity contribution in [2.45, 2.75) is 19.3 Å². The second-order valence-electron chi connectivity index (χ2n) is 6.23. The molecule has 0 saturated carbocycles. The lowest BCUT2D eigenvalue weighted by Crippen LogP contribution is -2.25. The summed E-state index contributed by atoms with van der Waals surface area (Å²) >= 11 is 0. The summed E-state index contributed by atoms with van der Waals surface area (Å²) in [5.41, 5.74) is 0.396. The van der Waals surface area contributed by atoms with Gasteiger partial charge in [0.15, 0.2) is 11.6 Å². The van der Waals surface area contributed by atoms with Gasteiger partial charge in [0.2, 0.25) is 5.91 Å². The van der Waals surface area contributed by atoms with E-state index in [1.165, 1.54) is 12.1 Å². The van der Waals surface area contributed by atoms with E-state index in [0.717, 1.165) is 0 Å². The van der Waals surface area contributed by atoms with Crippen molar-refractivity contribution in [3.05, 3.63) is 78.1 Å². The van der Waals surface area contributed by atoms with Crippen molar-refractivity contribution in [2.24, 2.45) is 0 Å². The van der Waals surface area contributed by atoms with Crippen molar-refractivity contribution in [1.82, 2.24) is 5.32 Å². The maximum atomic E-state index is 13.8. The monoisotopic (exact) mass is 385 g/mol. The lowest BCUT2D eigenvalue weighted by molar-refractivity contribution is -0.121. The first kappa shape index (κ1) is 19.6. The Hall–Kier alpha value is -3.15. The number of nitrogens with one attached hydrogen (secondary N) is 1. The molecule has 0 fully saturated rings. The van der Waals surface area contributed by atoms with Crippen LogP contribution in [-0.2, 0) is 11.2 Å². The molecule has 146 valence electrons. The van der Waals surface area contributed by atoms with Crippen LogP contribution in [0.25, 0.3) is 11.3 Å². The molecule has 4 nitrogen and oxygen atoms in total. The van der Waals surface area contributed by atoms with Crippen molar-refractivity contribution in [3.63, 3.8) is 0 Å². The zero-order valence-electron chi connectivity index (χ0n) is 15.3. The Balaban J connectivity index is 1.36. The summed E-state index contributed by atoms with van der Waals surface area (Å²) in [7, 11) is 0. The molecule has 0 spiro atoms. The highest BCUT2D eigenvalue weighted by atomic mass is 19.1. The van der Waals surface area contributed by atoms with Crippen molar-refractivity contribution in [2.75, 3.05) is 13.2 Å². The van der Waals surface area contributed by atoms with Gasteiger partial charge >= 0.3 is 0 Å². The molecule has 2 aromatic carbocycles. The highest BCUT2D eigenvalue weighted by molar-refractivity contribution is 5.76. The fourth-order valence-electron chi connectivity index (χ4n) is 2.69. The van der Waals surface area contributed by atoms with Gasteiger partial charge in [-0.05, 0) is 42.8 Å². The maximum Gasteiger partial charge on any atom is 0.220 e. The van der Waals surface area contributed by atoms with Crippen LogP contribution >= 0.6 is 0 Å². The van der Waals surface area contributed by atoms with Crippen LogP contribution < -0.4 is 10.1 Å². The van der Waals surface area contributed by atoms with E-state index >= 15 is 0 Å². The van der Waals surface area contributed by atoms with Crippen molar-refractivity contribution < 1.29 is 22.7 Å². The molecule has 0 aliphatic heterocycles. The van der Waals surface area contributed by atoms with E-state index in [-0.39, 0.29) is 23.9 Å². The van der Waals surface area contributed by atoms with Gasteiger partial charge in [-0.1, -0.05) is 24.3 Å². The zero-order chi connectivity index (χ0) is 19.8. The standard InChI is InChI=1S/C22H21F2NO3/c23-18-7-2-1-6-17(18)20-12-10-16(28-20)11-13-22(26)25-14-5-15-27-21-9-4-3-8-19(21)24/h1-4,6-10,12H,5,11,13-15H2,(H,25,26). The largest absolute Gasteiger partial charge is 0.490 e. The topological polar surface area (TPSA) is 51.5 Å². The number of carbonyl (C=O) groups excluding carboxylic acids is 1. The third-order valence-electron chi connectivity index (χ3n) is 4.14. The smallest absolute Gasteiger partial charge is 0.220 e. The van der Waals surface area contributed by atoms with Crippen LogP contribution in [-0.4, -0.2) is 19.1 Å². The average Bonchev–Trinajstić information content (AvgIpc) is 3.16. The predicted octanol–water partition coefficient (Wildman–Crippen LogP) is 4.74. The third-order valence-corrected chi connectivity index (χ3v) is 4.14. The minimum atomic E-state index is -0.403. The van der Waals surface area contributed by atoms with E-state index in [1.54, 1.807) is 48.5 Å². The van der Waals surface area contributed by atoms with Gasteiger partial charge < -0.3 is 14.5 Å². The van der Waals surface area contributed by atoms with Crippen LogP contribution in [0.3, 0.4) is 0 Å². The second-order valence-corrected chi connectivity index (χ2v) is 6.23. The normalized spacial score (nSPS) is 10.6. The first-order chi connectivity index (χ1) is 13.6. The van der Waals surface area contributed by atoms with Gasteiger partial charge in [-0.3, -0.25) is 4.79 Å².